The number of allylic oxidation sites excluding steroid dienone is 2. The van der Waals surface area contributed by atoms with E-state index in [0.717, 1.165) is 19.3 Å². The fourth-order valence-corrected chi connectivity index (χ4v) is 1.36. The van der Waals surface area contributed by atoms with E-state index >= 15 is 0 Å². The number of hydrogen-bond acceptors (Lipinski definition) is 3. The lowest BCUT2D eigenvalue weighted by Gasteiger charge is -2.09. The van der Waals surface area contributed by atoms with Gasteiger partial charge in [-0.05, 0) is 26.7 Å². The number of amidine groups is 1. The Bertz CT molecular complexity index is 363. The van der Waals surface area contributed by atoms with Crippen LogP contribution >= 0.6 is 0 Å². The fraction of sp³-hybridized carbons (Fsp3) is 0.643. The highest BCUT2D eigenvalue weighted by Gasteiger charge is 2.17. The summed E-state index contributed by atoms with van der Waals surface area (Å²) in [6.45, 7) is 9.44. The van der Waals surface area contributed by atoms with Crippen molar-refractivity contribution in [3.05, 3.63) is 11.4 Å². The van der Waals surface area contributed by atoms with Crippen LogP contribution in [0.25, 0.3) is 0 Å². The third-order valence-corrected chi connectivity index (χ3v) is 2.62. The van der Waals surface area contributed by atoms with Gasteiger partial charge in [-0.3, -0.25) is 9.79 Å². The summed E-state index contributed by atoms with van der Waals surface area (Å²) in [6.07, 6.45) is 4.44. The average Bonchev–Trinajstić information content (AvgIpc) is 2.31. The molecule has 0 fully saturated rings. The van der Waals surface area contributed by atoms with Gasteiger partial charge in [0.25, 0.3) is 0 Å². The van der Waals surface area contributed by atoms with Crippen LogP contribution in [0.3, 0.4) is 0 Å². The molecular weight excluding hydrogens is 226 g/mol. The van der Waals surface area contributed by atoms with Crippen LogP contribution in [0.1, 0.15) is 53.9 Å². The minimum Gasteiger partial charge on any atom is -0.387 e. The highest BCUT2D eigenvalue weighted by molar-refractivity contribution is 5.98. The number of hydrogen-bond donors (Lipinski definition) is 1. The Morgan fingerprint density at radius 1 is 1.33 bits per heavy atom. The molecule has 0 amide bonds. The van der Waals surface area contributed by atoms with E-state index < -0.39 is 0 Å². The molecule has 0 aliphatic rings. The van der Waals surface area contributed by atoms with Crippen LogP contribution in [0.15, 0.2) is 21.4 Å². The molecule has 0 rings (SSSR count). The molecule has 4 heteroatoms. The van der Waals surface area contributed by atoms with E-state index in [1.54, 1.807) is 20.1 Å². The molecule has 4 nitrogen and oxygen atoms in total. The van der Waals surface area contributed by atoms with Gasteiger partial charge in [-0.1, -0.05) is 27.2 Å². The number of nitrogens with zero attached hydrogens (tertiary/aromatic N) is 2. The maximum Gasteiger partial charge on any atom is 0.185 e. The minimum absolute atomic E-state index is 0.0346. The second kappa shape index (κ2) is 8.61. The monoisotopic (exact) mass is 251 g/mol. The molecule has 102 valence electrons. The van der Waals surface area contributed by atoms with Gasteiger partial charge in [0.2, 0.25) is 0 Å². The maximum atomic E-state index is 12.2. The predicted octanol–water partition coefficient (Wildman–Crippen LogP) is 3.08. The van der Waals surface area contributed by atoms with Crippen molar-refractivity contribution in [3.63, 3.8) is 0 Å². The molecular formula is C14H25N3O. The zero-order valence-corrected chi connectivity index (χ0v) is 12.2. The summed E-state index contributed by atoms with van der Waals surface area (Å²) < 4.78 is 0. The first-order valence-electron chi connectivity index (χ1n) is 6.52. The van der Waals surface area contributed by atoms with Crippen molar-refractivity contribution in [1.29, 1.82) is 0 Å². The average molecular weight is 251 g/mol. The molecule has 0 aromatic carbocycles. The SMILES string of the molecule is CCC\C=N/C(C(=O)C(C)CC)=C(C)/N=C(\C)N. The molecule has 1 atom stereocenters. The summed E-state index contributed by atoms with van der Waals surface area (Å²) >= 11 is 0. The third-order valence-electron chi connectivity index (χ3n) is 2.62. The standard InChI is InChI=1S/C14H25N3O/c1-6-8-9-16-13(11(4)17-12(5)15)14(18)10(3)7-2/h9-10H,6-8H2,1-5H3,(H2,15,17)/b13-11+,16-9-. The second-order valence-corrected chi connectivity index (χ2v) is 4.46. The Kier molecular flexibility index (Phi) is 7.92. The molecule has 0 heterocycles. The van der Waals surface area contributed by atoms with Gasteiger partial charge < -0.3 is 5.73 Å². The van der Waals surface area contributed by atoms with Gasteiger partial charge in [0, 0.05) is 12.1 Å². The number of rotatable bonds is 7. The summed E-state index contributed by atoms with van der Waals surface area (Å²) in [7, 11) is 0. The van der Waals surface area contributed by atoms with Crippen molar-refractivity contribution < 1.29 is 4.79 Å². The lowest BCUT2D eigenvalue weighted by atomic mass is 10.0. The van der Waals surface area contributed by atoms with Crippen LogP contribution in [0, 0.1) is 5.92 Å². The normalized spacial score (nSPS) is 15.7. The van der Waals surface area contributed by atoms with Gasteiger partial charge in [-0.15, -0.1) is 0 Å². The fourth-order valence-electron chi connectivity index (χ4n) is 1.36. The number of unbranched alkanes of at least 4 members (excludes halogenated alkanes) is 1. The molecule has 0 aromatic heterocycles. The molecule has 2 N–H and O–H groups in total. The quantitative estimate of drug-likeness (QED) is 0.429. The first kappa shape index (κ1) is 16.6. The van der Waals surface area contributed by atoms with Gasteiger partial charge in [0.05, 0.1) is 11.5 Å². The van der Waals surface area contributed by atoms with Crippen LogP contribution in [0.5, 0.6) is 0 Å². The van der Waals surface area contributed by atoms with Crippen LogP contribution in [-0.4, -0.2) is 17.8 Å². The van der Waals surface area contributed by atoms with Gasteiger partial charge >= 0.3 is 0 Å². The van der Waals surface area contributed by atoms with Crippen LogP contribution in [0.4, 0.5) is 0 Å². The number of carbonyl (C=O) groups is 1. The Labute approximate surface area is 110 Å². The summed E-state index contributed by atoms with van der Waals surface area (Å²) in [4.78, 5) is 20.6. The number of carbonyl (C=O) groups excluding carboxylic acids is 1. The largest absolute Gasteiger partial charge is 0.387 e. The minimum atomic E-state index is -0.0398. The van der Waals surface area contributed by atoms with E-state index in [2.05, 4.69) is 16.9 Å². The first-order chi connectivity index (χ1) is 8.43. The van der Waals surface area contributed by atoms with E-state index in [0.29, 0.717) is 17.2 Å². The Morgan fingerprint density at radius 3 is 2.39 bits per heavy atom. The van der Waals surface area contributed by atoms with E-state index in [4.69, 9.17) is 5.73 Å². The first-order valence-corrected chi connectivity index (χ1v) is 6.52. The molecule has 0 radical (unpaired) electrons. The van der Waals surface area contributed by atoms with Crippen molar-refractivity contribution in [2.45, 2.75) is 53.9 Å². The molecule has 0 aliphatic carbocycles. The maximum absolute atomic E-state index is 12.2. The molecule has 0 spiro atoms. The number of Topliss-reactive ketones (excluding diaryl/α,β-unsaturated/α-hetero) is 1. The number of nitrogens with two attached hydrogens (primary N) is 1. The number of aliphatic imine (C=N–C) groups is 2. The van der Waals surface area contributed by atoms with Crippen molar-refractivity contribution in [2.24, 2.45) is 21.6 Å². The van der Waals surface area contributed by atoms with E-state index in [-0.39, 0.29) is 11.7 Å². The van der Waals surface area contributed by atoms with Crippen LogP contribution in [-0.2, 0) is 4.79 Å². The van der Waals surface area contributed by atoms with Gasteiger partial charge in [0.1, 0.15) is 5.70 Å². The summed E-state index contributed by atoms with van der Waals surface area (Å²) in [5.74, 6) is 0.432. The van der Waals surface area contributed by atoms with E-state index in [1.807, 2.05) is 13.8 Å². The third kappa shape index (κ3) is 5.75. The van der Waals surface area contributed by atoms with Crippen LogP contribution in [0.2, 0.25) is 0 Å². The van der Waals surface area contributed by atoms with Crippen LogP contribution < -0.4 is 5.73 Å². The molecule has 0 saturated carbocycles. The zero-order chi connectivity index (χ0) is 14.1. The number of ketones is 1. The summed E-state index contributed by atoms with van der Waals surface area (Å²) in [6, 6.07) is 0. The van der Waals surface area contributed by atoms with Crippen molar-refractivity contribution in [2.75, 3.05) is 0 Å². The summed E-state index contributed by atoms with van der Waals surface area (Å²) in [5, 5.41) is 0. The predicted molar refractivity (Wildman–Crippen MR) is 77.9 cm³/mol. The molecule has 0 bridgehead atoms. The smallest absolute Gasteiger partial charge is 0.185 e. The molecule has 18 heavy (non-hydrogen) atoms. The Morgan fingerprint density at radius 2 is 1.94 bits per heavy atom. The molecule has 1 unspecified atom stereocenters. The highest BCUT2D eigenvalue weighted by Crippen LogP contribution is 2.16. The zero-order valence-electron chi connectivity index (χ0n) is 12.2. The topological polar surface area (TPSA) is 67.8 Å². The summed E-state index contributed by atoms with van der Waals surface area (Å²) in [5.41, 5.74) is 6.57. The second-order valence-electron chi connectivity index (χ2n) is 4.46. The Balaban J connectivity index is 5.30. The van der Waals surface area contributed by atoms with Gasteiger partial charge in [-0.2, -0.15) is 0 Å². The molecule has 0 aromatic rings. The lowest BCUT2D eigenvalue weighted by Crippen LogP contribution is -2.14. The lowest BCUT2D eigenvalue weighted by molar-refractivity contribution is -0.118. The van der Waals surface area contributed by atoms with Gasteiger partial charge in [0.15, 0.2) is 5.78 Å². The van der Waals surface area contributed by atoms with Crippen molar-refractivity contribution in [3.8, 4) is 0 Å². The van der Waals surface area contributed by atoms with Crippen molar-refractivity contribution >= 4 is 17.8 Å². The van der Waals surface area contributed by atoms with Gasteiger partial charge in [-0.25, -0.2) is 4.99 Å². The molecule has 0 aliphatic heterocycles. The highest BCUT2D eigenvalue weighted by atomic mass is 16.1. The Hall–Kier alpha value is -1.45. The van der Waals surface area contributed by atoms with E-state index in [9.17, 15) is 4.79 Å². The molecule has 0 saturated heterocycles. The van der Waals surface area contributed by atoms with E-state index in [1.165, 1.54) is 0 Å². The van der Waals surface area contributed by atoms with Crippen molar-refractivity contribution in [1.82, 2.24) is 0 Å².